The molecule has 0 aliphatic carbocycles. The minimum atomic E-state index is -4.42. The van der Waals surface area contributed by atoms with Crippen molar-refractivity contribution in [1.82, 2.24) is 9.97 Å². The second-order valence-corrected chi connectivity index (χ2v) is 5.12. The largest absolute Gasteiger partial charge is 0.416 e. The number of nitrogens with one attached hydrogen (secondary N) is 2. The number of hydrogen-bond acceptors (Lipinski definition) is 4. The predicted molar refractivity (Wildman–Crippen MR) is 86.4 cm³/mol. The van der Waals surface area contributed by atoms with Gasteiger partial charge in [-0.2, -0.15) is 13.2 Å². The fourth-order valence-electron chi connectivity index (χ4n) is 2.10. The first-order valence-electron chi connectivity index (χ1n) is 7.19. The van der Waals surface area contributed by atoms with Gasteiger partial charge in [-0.3, -0.25) is 0 Å². The van der Waals surface area contributed by atoms with Gasteiger partial charge in [0.25, 0.3) is 0 Å². The molecule has 0 aliphatic rings. The smallest absolute Gasteiger partial charge is 0.340 e. The molecule has 2 aromatic carbocycles. The fraction of sp³-hybridized carbons (Fsp3) is 0.0588. The van der Waals surface area contributed by atoms with Crippen molar-refractivity contribution in [1.29, 1.82) is 0 Å². The average molecular weight is 348 g/mol. The Hall–Kier alpha value is -3.16. The van der Waals surface area contributed by atoms with Crippen molar-refractivity contribution in [3.8, 4) is 0 Å². The van der Waals surface area contributed by atoms with Crippen LogP contribution in [0.2, 0.25) is 0 Å². The lowest BCUT2D eigenvalue weighted by molar-refractivity contribution is -0.137. The second kappa shape index (κ2) is 6.76. The molecule has 0 saturated heterocycles. The molecule has 0 aliphatic heterocycles. The molecule has 4 nitrogen and oxygen atoms in total. The maximum absolute atomic E-state index is 12.9. The number of anilines is 4. The molecule has 128 valence electrons. The highest BCUT2D eigenvalue weighted by Crippen LogP contribution is 2.31. The van der Waals surface area contributed by atoms with Crippen LogP contribution in [0.3, 0.4) is 0 Å². The van der Waals surface area contributed by atoms with Crippen LogP contribution in [-0.4, -0.2) is 9.97 Å². The summed E-state index contributed by atoms with van der Waals surface area (Å²) in [5.41, 5.74) is 0.114. The summed E-state index contributed by atoms with van der Waals surface area (Å²) in [6, 6.07) is 12.0. The van der Waals surface area contributed by atoms with Crippen LogP contribution in [0.4, 0.5) is 40.6 Å². The van der Waals surface area contributed by atoms with Crippen molar-refractivity contribution in [3.63, 3.8) is 0 Å². The molecular weight excluding hydrogens is 336 g/mol. The minimum absolute atomic E-state index is 0.251. The molecule has 0 amide bonds. The van der Waals surface area contributed by atoms with Gasteiger partial charge in [0.2, 0.25) is 0 Å². The van der Waals surface area contributed by atoms with E-state index in [4.69, 9.17) is 0 Å². The van der Waals surface area contributed by atoms with Gasteiger partial charge in [-0.05, 0) is 42.5 Å². The highest BCUT2D eigenvalue weighted by molar-refractivity contribution is 5.63. The van der Waals surface area contributed by atoms with Crippen LogP contribution in [0.1, 0.15) is 5.56 Å². The molecule has 0 radical (unpaired) electrons. The highest BCUT2D eigenvalue weighted by Gasteiger charge is 2.30. The average Bonchev–Trinajstić information content (AvgIpc) is 2.57. The first-order chi connectivity index (χ1) is 11.9. The van der Waals surface area contributed by atoms with Gasteiger partial charge >= 0.3 is 6.18 Å². The Labute approximate surface area is 140 Å². The van der Waals surface area contributed by atoms with Gasteiger partial charge in [0.05, 0.1) is 5.56 Å². The lowest BCUT2D eigenvalue weighted by atomic mass is 10.2. The molecule has 3 aromatic rings. The van der Waals surface area contributed by atoms with Crippen molar-refractivity contribution in [3.05, 3.63) is 72.3 Å². The van der Waals surface area contributed by atoms with Gasteiger partial charge in [0.15, 0.2) is 0 Å². The third-order valence-corrected chi connectivity index (χ3v) is 3.25. The van der Waals surface area contributed by atoms with Crippen molar-refractivity contribution < 1.29 is 17.6 Å². The van der Waals surface area contributed by atoms with E-state index in [0.717, 1.165) is 12.1 Å². The maximum atomic E-state index is 12.9. The summed E-state index contributed by atoms with van der Waals surface area (Å²) in [5.74, 6) is 0.371. The summed E-state index contributed by atoms with van der Waals surface area (Å²) in [7, 11) is 0. The van der Waals surface area contributed by atoms with Gasteiger partial charge < -0.3 is 10.6 Å². The third-order valence-electron chi connectivity index (χ3n) is 3.25. The molecule has 0 spiro atoms. The van der Waals surface area contributed by atoms with E-state index >= 15 is 0 Å². The van der Waals surface area contributed by atoms with Crippen molar-refractivity contribution in [2.45, 2.75) is 6.18 Å². The standard InChI is InChI=1S/C17H12F4N4/c18-12-4-6-13(7-5-12)24-15-9-16(23-10-22-15)25-14-3-1-2-11(8-14)17(19,20)21/h1-10H,(H2,22,23,24,25). The zero-order valence-electron chi connectivity index (χ0n) is 12.7. The SMILES string of the molecule is Fc1ccc(Nc2cc(Nc3cccc(C(F)(F)F)c3)ncn2)cc1. The van der Waals surface area contributed by atoms with E-state index in [2.05, 4.69) is 20.6 Å². The number of benzene rings is 2. The van der Waals surface area contributed by atoms with Crippen LogP contribution in [0, 0.1) is 5.82 Å². The molecule has 8 heteroatoms. The Morgan fingerprint density at radius 3 is 2.04 bits per heavy atom. The van der Waals surface area contributed by atoms with E-state index in [-0.39, 0.29) is 11.5 Å². The van der Waals surface area contributed by atoms with E-state index in [0.29, 0.717) is 17.3 Å². The monoisotopic (exact) mass is 348 g/mol. The van der Waals surface area contributed by atoms with Crippen molar-refractivity contribution in [2.75, 3.05) is 10.6 Å². The van der Waals surface area contributed by atoms with Crippen LogP contribution in [0.25, 0.3) is 0 Å². The summed E-state index contributed by atoms with van der Waals surface area (Å²) in [4.78, 5) is 8.00. The number of nitrogens with zero attached hydrogens (tertiary/aromatic N) is 2. The van der Waals surface area contributed by atoms with Crippen LogP contribution < -0.4 is 10.6 Å². The van der Waals surface area contributed by atoms with E-state index < -0.39 is 11.7 Å². The fourth-order valence-corrected chi connectivity index (χ4v) is 2.10. The Morgan fingerprint density at radius 1 is 0.760 bits per heavy atom. The zero-order valence-corrected chi connectivity index (χ0v) is 12.7. The topological polar surface area (TPSA) is 49.8 Å². The van der Waals surface area contributed by atoms with Gasteiger partial charge in [-0.25, -0.2) is 14.4 Å². The summed E-state index contributed by atoms with van der Waals surface area (Å²) in [6.07, 6.45) is -3.15. The minimum Gasteiger partial charge on any atom is -0.340 e. The number of aromatic nitrogens is 2. The first kappa shape index (κ1) is 16.7. The van der Waals surface area contributed by atoms with Crippen LogP contribution in [-0.2, 0) is 6.18 Å². The molecule has 0 bridgehead atoms. The molecule has 0 saturated carbocycles. The van der Waals surface area contributed by atoms with E-state index in [9.17, 15) is 17.6 Å². The number of alkyl halides is 3. The van der Waals surface area contributed by atoms with E-state index in [1.165, 1.54) is 48.8 Å². The normalized spacial score (nSPS) is 11.2. The van der Waals surface area contributed by atoms with Crippen LogP contribution >= 0.6 is 0 Å². The summed E-state index contributed by atoms with van der Waals surface area (Å²) in [6.45, 7) is 0. The van der Waals surface area contributed by atoms with E-state index in [1.54, 1.807) is 0 Å². The molecule has 25 heavy (non-hydrogen) atoms. The molecule has 0 atom stereocenters. The molecule has 0 unspecified atom stereocenters. The molecule has 2 N–H and O–H groups in total. The van der Waals surface area contributed by atoms with Crippen molar-refractivity contribution >= 4 is 23.0 Å². The van der Waals surface area contributed by atoms with Gasteiger partial charge in [0.1, 0.15) is 23.8 Å². The van der Waals surface area contributed by atoms with Gasteiger partial charge in [0, 0.05) is 17.4 Å². The Morgan fingerprint density at radius 2 is 1.40 bits per heavy atom. The number of hydrogen-bond donors (Lipinski definition) is 2. The molecular formula is C17H12F4N4. The van der Waals surface area contributed by atoms with Crippen molar-refractivity contribution in [2.24, 2.45) is 0 Å². The molecule has 3 rings (SSSR count). The quantitative estimate of drug-likeness (QED) is 0.643. The molecule has 1 aromatic heterocycles. The van der Waals surface area contributed by atoms with Crippen LogP contribution in [0.15, 0.2) is 60.9 Å². The third kappa shape index (κ3) is 4.43. The summed E-state index contributed by atoms with van der Waals surface area (Å²) in [5, 5.41) is 5.76. The summed E-state index contributed by atoms with van der Waals surface area (Å²) >= 11 is 0. The molecule has 0 fully saturated rings. The Kier molecular flexibility index (Phi) is 4.51. The van der Waals surface area contributed by atoms with Gasteiger partial charge in [-0.1, -0.05) is 6.07 Å². The lowest BCUT2D eigenvalue weighted by Crippen LogP contribution is -2.05. The second-order valence-electron chi connectivity index (χ2n) is 5.12. The number of rotatable bonds is 4. The lowest BCUT2D eigenvalue weighted by Gasteiger charge is -2.11. The highest BCUT2D eigenvalue weighted by atomic mass is 19.4. The Bertz CT molecular complexity index is 863. The number of halogens is 4. The first-order valence-corrected chi connectivity index (χ1v) is 7.19. The molecule has 1 heterocycles. The van der Waals surface area contributed by atoms with E-state index in [1.807, 2.05) is 0 Å². The maximum Gasteiger partial charge on any atom is 0.416 e. The predicted octanol–water partition coefficient (Wildman–Crippen LogP) is 5.12. The summed E-state index contributed by atoms with van der Waals surface area (Å²) < 4.78 is 51.2. The van der Waals surface area contributed by atoms with Crippen LogP contribution in [0.5, 0.6) is 0 Å². The zero-order chi connectivity index (χ0) is 17.9. The Balaban J connectivity index is 1.77. The van der Waals surface area contributed by atoms with Gasteiger partial charge in [-0.15, -0.1) is 0 Å².